The molecule has 7 nitrogen and oxygen atoms in total. The molecule has 25 heavy (non-hydrogen) atoms. The molecule has 0 aliphatic heterocycles. The number of benzene rings is 2. The highest BCUT2D eigenvalue weighted by Gasteiger charge is 2.10. The standard InChI is InChI=1S/C18H20N2O5/c1-12(2)25-16-7-4-14(5-8-16)19-18(21)11-24-17-9-6-15(20(22)23)10-13(17)3/h4-10,12H,11H2,1-3H3,(H,19,21). The molecule has 0 aliphatic rings. The van der Waals surface area contributed by atoms with E-state index in [-0.39, 0.29) is 24.3 Å². The summed E-state index contributed by atoms with van der Waals surface area (Å²) in [5, 5.41) is 13.4. The van der Waals surface area contributed by atoms with Crippen LogP contribution in [0.4, 0.5) is 11.4 Å². The monoisotopic (exact) mass is 344 g/mol. The number of nitrogens with zero attached hydrogens (tertiary/aromatic N) is 1. The molecular formula is C18H20N2O5. The van der Waals surface area contributed by atoms with Gasteiger partial charge in [0.05, 0.1) is 11.0 Å². The van der Waals surface area contributed by atoms with Crippen molar-refractivity contribution in [2.24, 2.45) is 0 Å². The fourth-order valence-electron chi connectivity index (χ4n) is 2.14. The van der Waals surface area contributed by atoms with E-state index in [0.29, 0.717) is 17.0 Å². The Morgan fingerprint density at radius 3 is 2.44 bits per heavy atom. The summed E-state index contributed by atoms with van der Waals surface area (Å²) in [5.74, 6) is 0.836. The van der Waals surface area contributed by atoms with E-state index in [4.69, 9.17) is 9.47 Å². The van der Waals surface area contributed by atoms with Crippen molar-refractivity contribution in [3.8, 4) is 11.5 Å². The van der Waals surface area contributed by atoms with Crippen LogP contribution in [0.1, 0.15) is 19.4 Å². The van der Waals surface area contributed by atoms with Gasteiger partial charge in [0.2, 0.25) is 0 Å². The summed E-state index contributed by atoms with van der Waals surface area (Å²) in [6, 6.07) is 11.3. The maximum atomic E-state index is 12.0. The van der Waals surface area contributed by atoms with Crippen molar-refractivity contribution in [3.05, 3.63) is 58.1 Å². The first-order valence-corrected chi connectivity index (χ1v) is 7.79. The number of rotatable bonds is 7. The van der Waals surface area contributed by atoms with Gasteiger partial charge in [-0.2, -0.15) is 0 Å². The molecule has 2 aromatic carbocycles. The van der Waals surface area contributed by atoms with Gasteiger partial charge in [0.25, 0.3) is 11.6 Å². The summed E-state index contributed by atoms with van der Waals surface area (Å²) in [6.45, 7) is 5.37. The van der Waals surface area contributed by atoms with Crippen molar-refractivity contribution in [3.63, 3.8) is 0 Å². The van der Waals surface area contributed by atoms with Gasteiger partial charge < -0.3 is 14.8 Å². The quantitative estimate of drug-likeness (QED) is 0.611. The number of hydrogen-bond acceptors (Lipinski definition) is 5. The fourth-order valence-corrected chi connectivity index (χ4v) is 2.14. The van der Waals surface area contributed by atoms with E-state index in [2.05, 4.69) is 5.32 Å². The summed E-state index contributed by atoms with van der Waals surface area (Å²) in [4.78, 5) is 22.2. The predicted octanol–water partition coefficient (Wildman–Crippen LogP) is 3.71. The highest BCUT2D eigenvalue weighted by Crippen LogP contribution is 2.23. The van der Waals surface area contributed by atoms with Crippen LogP contribution in [0, 0.1) is 17.0 Å². The Bertz CT molecular complexity index is 757. The van der Waals surface area contributed by atoms with E-state index in [1.807, 2.05) is 13.8 Å². The van der Waals surface area contributed by atoms with Crippen molar-refractivity contribution in [2.75, 3.05) is 11.9 Å². The van der Waals surface area contributed by atoms with Gasteiger partial charge in [-0.3, -0.25) is 14.9 Å². The van der Waals surface area contributed by atoms with Crippen LogP contribution in [0.2, 0.25) is 0 Å². The minimum absolute atomic E-state index is 0.0157. The molecule has 0 heterocycles. The van der Waals surface area contributed by atoms with Crippen LogP contribution in [0.15, 0.2) is 42.5 Å². The Morgan fingerprint density at radius 2 is 1.88 bits per heavy atom. The highest BCUT2D eigenvalue weighted by atomic mass is 16.6. The van der Waals surface area contributed by atoms with Gasteiger partial charge in [-0.1, -0.05) is 0 Å². The highest BCUT2D eigenvalue weighted by molar-refractivity contribution is 5.91. The molecule has 0 saturated carbocycles. The zero-order chi connectivity index (χ0) is 18.4. The second-order valence-electron chi connectivity index (χ2n) is 5.73. The molecule has 0 aromatic heterocycles. The van der Waals surface area contributed by atoms with Crippen LogP contribution in [-0.4, -0.2) is 23.5 Å². The molecule has 0 atom stereocenters. The summed E-state index contributed by atoms with van der Waals surface area (Å²) in [6.07, 6.45) is 0.0822. The van der Waals surface area contributed by atoms with E-state index >= 15 is 0 Å². The summed E-state index contributed by atoms with van der Waals surface area (Å²) in [7, 11) is 0. The van der Waals surface area contributed by atoms with E-state index in [1.54, 1.807) is 31.2 Å². The van der Waals surface area contributed by atoms with Gasteiger partial charge in [-0.05, 0) is 56.7 Å². The number of anilines is 1. The molecular weight excluding hydrogens is 324 g/mol. The summed E-state index contributed by atoms with van der Waals surface area (Å²) < 4.78 is 11.0. The van der Waals surface area contributed by atoms with Crippen molar-refractivity contribution in [2.45, 2.75) is 26.9 Å². The van der Waals surface area contributed by atoms with Gasteiger partial charge in [-0.25, -0.2) is 0 Å². The van der Waals surface area contributed by atoms with E-state index < -0.39 is 4.92 Å². The van der Waals surface area contributed by atoms with Crippen molar-refractivity contribution in [1.29, 1.82) is 0 Å². The number of carbonyl (C=O) groups is 1. The largest absolute Gasteiger partial charge is 0.491 e. The average molecular weight is 344 g/mol. The zero-order valence-corrected chi connectivity index (χ0v) is 14.3. The lowest BCUT2D eigenvalue weighted by atomic mass is 10.2. The number of ether oxygens (including phenoxy) is 2. The zero-order valence-electron chi connectivity index (χ0n) is 14.3. The molecule has 0 bridgehead atoms. The molecule has 2 aromatic rings. The minimum Gasteiger partial charge on any atom is -0.491 e. The third-order valence-corrected chi connectivity index (χ3v) is 3.24. The number of amides is 1. The first-order chi connectivity index (χ1) is 11.8. The third-order valence-electron chi connectivity index (χ3n) is 3.24. The molecule has 1 amide bonds. The first kappa shape index (κ1) is 18.3. The smallest absolute Gasteiger partial charge is 0.269 e. The minimum atomic E-state index is -0.476. The Morgan fingerprint density at radius 1 is 1.20 bits per heavy atom. The van der Waals surface area contributed by atoms with Crippen molar-refractivity contribution >= 4 is 17.3 Å². The van der Waals surface area contributed by atoms with E-state index in [0.717, 1.165) is 5.75 Å². The molecule has 0 unspecified atom stereocenters. The van der Waals surface area contributed by atoms with Crippen LogP contribution >= 0.6 is 0 Å². The second-order valence-corrected chi connectivity index (χ2v) is 5.73. The van der Waals surface area contributed by atoms with Crippen LogP contribution < -0.4 is 14.8 Å². The van der Waals surface area contributed by atoms with Crippen LogP contribution in [-0.2, 0) is 4.79 Å². The first-order valence-electron chi connectivity index (χ1n) is 7.79. The Balaban J connectivity index is 1.89. The number of nitrogens with one attached hydrogen (secondary N) is 1. The predicted molar refractivity (Wildman–Crippen MR) is 94.2 cm³/mol. The van der Waals surface area contributed by atoms with Gasteiger partial charge in [-0.15, -0.1) is 0 Å². The molecule has 0 saturated heterocycles. The lowest BCUT2D eigenvalue weighted by Crippen LogP contribution is -2.20. The molecule has 0 radical (unpaired) electrons. The van der Waals surface area contributed by atoms with Crippen LogP contribution in [0.25, 0.3) is 0 Å². The Labute approximate surface area is 145 Å². The van der Waals surface area contributed by atoms with Gasteiger partial charge in [0.15, 0.2) is 6.61 Å². The number of hydrogen-bond donors (Lipinski definition) is 1. The van der Waals surface area contributed by atoms with Crippen molar-refractivity contribution < 1.29 is 19.2 Å². The molecule has 0 fully saturated rings. The number of non-ortho nitro benzene ring substituents is 1. The normalized spacial score (nSPS) is 10.4. The van der Waals surface area contributed by atoms with Crippen LogP contribution in [0.5, 0.6) is 11.5 Å². The van der Waals surface area contributed by atoms with Gasteiger partial charge in [0.1, 0.15) is 11.5 Å². The van der Waals surface area contributed by atoms with E-state index in [1.165, 1.54) is 18.2 Å². The average Bonchev–Trinajstić information content (AvgIpc) is 2.55. The van der Waals surface area contributed by atoms with Gasteiger partial charge >= 0.3 is 0 Å². The second kappa shape index (κ2) is 8.14. The lowest BCUT2D eigenvalue weighted by molar-refractivity contribution is -0.384. The lowest BCUT2D eigenvalue weighted by Gasteiger charge is -2.11. The van der Waals surface area contributed by atoms with Gasteiger partial charge in [0, 0.05) is 17.8 Å². The number of carbonyl (C=O) groups excluding carboxylic acids is 1. The number of aryl methyl sites for hydroxylation is 1. The number of nitro groups is 1. The third kappa shape index (κ3) is 5.49. The SMILES string of the molecule is Cc1cc([N+](=O)[O-])ccc1OCC(=O)Nc1ccc(OC(C)C)cc1. The Kier molecular flexibility index (Phi) is 5.94. The van der Waals surface area contributed by atoms with Crippen molar-refractivity contribution in [1.82, 2.24) is 0 Å². The molecule has 2 rings (SSSR count). The fraction of sp³-hybridized carbons (Fsp3) is 0.278. The maximum Gasteiger partial charge on any atom is 0.269 e. The summed E-state index contributed by atoms with van der Waals surface area (Å²) in [5.41, 5.74) is 1.21. The van der Waals surface area contributed by atoms with E-state index in [9.17, 15) is 14.9 Å². The molecule has 1 N–H and O–H groups in total. The molecule has 0 spiro atoms. The van der Waals surface area contributed by atoms with Crippen LogP contribution in [0.3, 0.4) is 0 Å². The molecule has 7 heteroatoms. The number of nitro benzene ring substituents is 1. The summed E-state index contributed by atoms with van der Waals surface area (Å²) >= 11 is 0. The molecule has 132 valence electrons. The maximum absolute atomic E-state index is 12.0. The Hall–Kier alpha value is -3.09. The topological polar surface area (TPSA) is 90.7 Å². The molecule has 0 aliphatic carbocycles.